The number of rotatable bonds is 0. The number of hydrogen-bond donors (Lipinski definition) is 1. The van der Waals surface area contributed by atoms with E-state index in [-0.39, 0.29) is 0 Å². The Hall–Kier alpha value is -1.76. The van der Waals surface area contributed by atoms with Crippen LogP contribution in [0.3, 0.4) is 0 Å². The maximum absolute atomic E-state index is 3.57. The maximum Gasteiger partial charge on any atom is 0.0418 e. The van der Waals surface area contributed by atoms with E-state index in [9.17, 15) is 0 Å². The molecule has 0 aromatic heterocycles. The van der Waals surface area contributed by atoms with Gasteiger partial charge in [-0.15, -0.1) is 0 Å². The normalized spacial score (nSPS) is 22.2. The van der Waals surface area contributed by atoms with Crippen molar-refractivity contribution in [2.24, 2.45) is 5.92 Å². The predicted octanol–water partition coefficient (Wildman–Crippen LogP) is 3.67. The highest BCUT2D eigenvalue weighted by Gasteiger charge is 2.19. The Morgan fingerprint density at radius 2 is 2.06 bits per heavy atom. The summed E-state index contributed by atoms with van der Waals surface area (Å²) in [5.74, 6) is 0.471. The molecule has 0 saturated carbocycles. The second-order valence-corrected chi connectivity index (χ2v) is 4.43. The summed E-state index contributed by atoms with van der Waals surface area (Å²) in [4.78, 5) is 0. The van der Waals surface area contributed by atoms with Crippen LogP contribution in [0.4, 0.5) is 5.69 Å². The lowest BCUT2D eigenvalue weighted by atomic mass is 9.93. The van der Waals surface area contributed by atoms with Crippen LogP contribution in [-0.2, 0) is 6.42 Å². The van der Waals surface area contributed by atoms with Gasteiger partial charge in [0.2, 0.25) is 0 Å². The summed E-state index contributed by atoms with van der Waals surface area (Å²) >= 11 is 0. The zero-order chi connectivity index (χ0) is 11.0. The van der Waals surface area contributed by atoms with Gasteiger partial charge in [-0.1, -0.05) is 49.4 Å². The molecule has 0 saturated heterocycles. The molecule has 80 valence electrons. The molecule has 1 aromatic rings. The highest BCUT2D eigenvalue weighted by atomic mass is 14.9. The maximum atomic E-state index is 3.57. The lowest BCUT2D eigenvalue weighted by Gasteiger charge is -2.25. The van der Waals surface area contributed by atoms with Crippen LogP contribution < -0.4 is 5.32 Å². The Bertz CT molecular complexity index is 506. The van der Waals surface area contributed by atoms with Gasteiger partial charge >= 0.3 is 0 Å². The molecule has 3 rings (SSSR count). The van der Waals surface area contributed by atoms with Crippen molar-refractivity contribution in [1.29, 1.82) is 0 Å². The van der Waals surface area contributed by atoms with Crippen LogP contribution in [0.25, 0.3) is 0 Å². The van der Waals surface area contributed by atoms with Gasteiger partial charge in [0.1, 0.15) is 0 Å². The number of allylic oxidation sites excluding steroid dienone is 5. The van der Waals surface area contributed by atoms with Gasteiger partial charge in [0, 0.05) is 23.7 Å². The fraction of sp³-hybridized carbons (Fsp3) is 0.200. The zero-order valence-electron chi connectivity index (χ0n) is 9.40. The van der Waals surface area contributed by atoms with Gasteiger partial charge < -0.3 is 5.32 Å². The number of para-hydroxylation sites is 1. The molecule has 2 aliphatic rings. The lowest BCUT2D eigenvalue weighted by Crippen LogP contribution is -2.16. The second kappa shape index (κ2) is 3.67. The van der Waals surface area contributed by atoms with Gasteiger partial charge in [0.15, 0.2) is 0 Å². The Kier molecular flexibility index (Phi) is 2.17. The molecule has 1 heteroatoms. The largest absolute Gasteiger partial charge is 0.358 e. The minimum Gasteiger partial charge on any atom is -0.358 e. The highest BCUT2D eigenvalue weighted by molar-refractivity contribution is 5.62. The van der Waals surface area contributed by atoms with E-state index in [1.807, 2.05) is 0 Å². The van der Waals surface area contributed by atoms with Crippen LogP contribution in [0.2, 0.25) is 0 Å². The van der Waals surface area contributed by atoms with Gasteiger partial charge in [-0.2, -0.15) is 0 Å². The molecule has 16 heavy (non-hydrogen) atoms. The van der Waals surface area contributed by atoms with Gasteiger partial charge in [0.25, 0.3) is 0 Å². The molecule has 0 fully saturated rings. The van der Waals surface area contributed by atoms with Crippen molar-refractivity contribution in [3.05, 3.63) is 65.4 Å². The summed E-state index contributed by atoms with van der Waals surface area (Å²) in [6, 6.07) is 8.55. The van der Waals surface area contributed by atoms with Crippen LogP contribution in [-0.4, -0.2) is 0 Å². The van der Waals surface area contributed by atoms with Crippen molar-refractivity contribution in [3.63, 3.8) is 0 Å². The fourth-order valence-corrected chi connectivity index (χ4v) is 2.38. The molecule has 1 atom stereocenters. The van der Waals surface area contributed by atoms with Crippen LogP contribution in [0.5, 0.6) is 0 Å². The molecular formula is C15H15N. The van der Waals surface area contributed by atoms with Crippen LogP contribution in [0, 0.1) is 5.92 Å². The van der Waals surface area contributed by atoms with Crippen LogP contribution in [0.15, 0.2) is 59.8 Å². The third-order valence-corrected chi connectivity index (χ3v) is 3.28. The SMILES string of the molecule is CC1C=CC=CC2=C1Nc1ccccc1C2. The average molecular weight is 209 g/mol. The number of anilines is 1. The van der Waals surface area contributed by atoms with E-state index in [0.29, 0.717) is 5.92 Å². The Morgan fingerprint density at radius 1 is 1.19 bits per heavy atom. The molecule has 1 heterocycles. The van der Waals surface area contributed by atoms with Crippen molar-refractivity contribution in [2.45, 2.75) is 13.3 Å². The quantitative estimate of drug-likeness (QED) is 0.687. The van der Waals surface area contributed by atoms with Crippen molar-refractivity contribution < 1.29 is 0 Å². The summed E-state index contributed by atoms with van der Waals surface area (Å²) in [6.45, 7) is 2.24. The van der Waals surface area contributed by atoms with E-state index in [0.717, 1.165) is 6.42 Å². The number of hydrogen-bond acceptors (Lipinski definition) is 1. The first kappa shape index (κ1) is 9.46. The molecule has 0 spiro atoms. The molecule has 0 radical (unpaired) electrons. The molecule has 1 nitrogen and oxygen atoms in total. The molecule has 1 aliphatic heterocycles. The van der Waals surface area contributed by atoms with Gasteiger partial charge in [-0.25, -0.2) is 0 Å². The van der Waals surface area contributed by atoms with Crippen molar-refractivity contribution in [3.8, 4) is 0 Å². The predicted molar refractivity (Wildman–Crippen MR) is 68.2 cm³/mol. The molecule has 1 aromatic carbocycles. The number of fused-ring (bicyclic) bond motifs is 1. The lowest BCUT2D eigenvalue weighted by molar-refractivity contribution is 0.841. The minimum absolute atomic E-state index is 0.471. The van der Waals surface area contributed by atoms with Crippen LogP contribution in [0.1, 0.15) is 12.5 Å². The zero-order valence-corrected chi connectivity index (χ0v) is 9.40. The van der Waals surface area contributed by atoms with Gasteiger partial charge in [-0.3, -0.25) is 0 Å². The van der Waals surface area contributed by atoms with E-state index in [4.69, 9.17) is 0 Å². The standard InChI is InChI=1S/C15H15N/c1-11-6-2-3-8-13-10-12-7-4-5-9-14(12)16-15(11)13/h2-9,11,16H,10H2,1H3. The smallest absolute Gasteiger partial charge is 0.0418 e. The first-order valence-electron chi connectivity index (χ1n) is 5.77. The molecular weight excluding hydrogens is 194 g/mol. The van der Waals surface area contributed by atoms with Gasteiger partial charge in [0.05, 0.1) is 0 Å². The van der Waals surface area contributed by atoms with Gasteiger partial charge in [-0.05, 0) is 17.2 Å². The molecule has 1 aliphatic carbocycles. The summed E-state index contributed by atoms with van der Waals surface area (Å²) < 4.78 is 0. The third kappa shape index (κ3) is 1.49. The summed E-state index contributed by atoms with van der Waals surface area (Å²) in [6.07, 6.45) is 9.77. The topological polar surface area (TPSA) is 12.0 Å². The first-order chi connectivity index (χ1) is 7.84. The van der Waals surface area contributed by atoms with Crippen molar-refractivity contribution in [1.82, 2.24) is 0 Å². The molecule has 1 N–H and O–H groups in total. The average Bonchev–Trinajstić information content (AvgIpc) is 2.49. The van der Waals surface area contributed by atoms with E-state index in [1.165, 1.54) is 22.5 Å². The Morgan fingerprint density at radius 3 is 3.00 bits per heavy atom. The Labute approximate surface area is 96.2 Å². The summed E-state index contributed by atoms with van der Waals surface area (Å²) in [7, 11) is 0. The second-order valence-electron chi connectivity index (χ2n) is 4.43. The molecule has 1 unspecified atom stereocenters. The van der Waals surface area contributed by atoms with E-state index < -0.39 is 0 Å². The third-order valence-electron chi connectivity index (χ3n) is 3.28. The minimum atomic E-state index is 0.471. The van der Waals surface area contributed by atoms with Crippen LogP contribution >= 0.6 is 0 Å². The van der Waals surface area contributed by atoms with E-state index in [2.05, 4.69) is 60.8 Å². The Balaban J connectivity index is 2.06. The molecule has 0 amide bonds. The van der Waals surface area contributed by atoms with Crippen molar-refractivity contribution in [2.75, 3.05) is 5.32 Å². The van der Waals surface area contributed by atoms with E-state index in [1.54, 1.807) is 0 Å². The number of nitrogens with one attached hydrogen (secondary N) is 1. The van der Waals surface area contributed by atoms with E-state index >= 15 is 0 Å². The fourth-order valence-electron chi connectivity index (χ4n) is 2.38. The van der Waals surface area contributed by atoms with Crippen molar-refractivity contribution >= 4 is 5.69 Å². The summed E-state index contributed by atoms with van der Waals surface area (Å²) in [5.41, 5.74) is 5.41. The monoisotopic (exact) mass is 209 g/mol. The first-order valence-corrected chi connectivity index (χ1v) is 5.77. The molecule has 0 bridgehead atoms. The highest BCUT2D eigenvalue weighted by Crippen LogP contribution is 2.32. The number of benzene rings is 1. The summed E-state index contributed by atoms with van der Waals surface area (Å²) in [5, 5.41) is 3.57.